The molecule has 1 aliphatic rings. The number of ketones is 1. The fourth-order valence-corrected chi connectivity index (χ4v) is 6.79. The first-order valence-corrected chi connectivity index (χ1v) is 14.1. The monoisotopic (exact) mass is 538 g/mol. The Labute approximate surface area is 218 Å². The molecule has 1 fully saturated rings. The molecule has 2 aromatic heterocycles. The standard InChI is InChI=1S/C26H26N4O5S2/c1-16-7-8-21(17(2)13-16)23-25-24(27-18(3)36-25)26(32)30(28-23)15-22(31)19-5-4-6-20(14-19)37(33,34)29-9-11-35-12-10-29/h4-8,13-14H,9-12,15H2,1-3H3. The first kappa shape index (κ1) is 25.4. The van der Waals surface area contributed by atoms with Crippen LogP contribution in [-0.2, 0) is 21.3 Å². The molecule has 192 valence electrons. The Morgan fingerprint density at radius 2 is 1.84 bits per heavy atom. The summed E-state index contributed by atoms with van der Waals surface area (Å²) in [5, 5.41) is 5.32. The molecule has 1 aliphatic heterocycles. The van der Waals surface area contributed by atoms with E-state index in [-0.39, 0.29) is 35.6 Å². The zero-order chi connectivity index (χ0) is 26.3. The second kappa shape index (κ2) is 9.90. The van der Waals surface area contributed by atoms with E-state index in [1.807, 2.05) is 39.0 Å². The van der Waals surface area contributed by atoms with Crippen LogP contribution in [0.4, 0.5) is 0 Å². The van der Waals surface area contributed by atoms with E-state index in [0.29, 0.717) is 23.6 Å². The summed E-state index contributed by atoms with van der Waals surface area (Å²) in [5.41, 5.74) is 3.55. The third kappa shape index (κ3) is 4.87. The molecule has 5 rings (SSSR count). The van der Waals surface area contributed by atoms with Gasteiger partial charge in [0.15, 0.2) is 11.3 Å². The fraction of sp³-hybridized carbons (Fsp3) is 0.308. The lowest BCUT2D eigenvalue weighted by molar-refractivity contribution is 0.0730. The van der Waals surface area contributed by atoms with Gasteiger partial charge in [-0.2, -0.15) is 9.40 Å². The van der Waals surface area contributed by atoms with Gasteiger partial charge in [-0.05, 0) is 38.5 Å². The Morgan fingerprint density at radius 1 is 1.08 bits per heavy atom. The Kier molecular flexibility index (Phi) is 6.80. The maximum absolute atomic E-state index is 13.3. The summed E-state index contributed by atoms with van der Waals surface area (Å²) in [6.07, 6.45) is 0. The van der Waals surface area contributed by atoms with Crippen molar-refractivity contribution in [1.82, 2.24) is 19.1 Å². The number of aromatic nitrogens is 3. The van der Waals surface area contributed by atoms with E-state index < -0.39 is 21.4 Å². The highest BCUT2D eigenvalue weighted by Crippen LogP contribution is 2.31. The average molecular weight is 539 g/mol. The minimum atomic E-state index is -3.77. The van der Waals surface area contributed by atoms with Gasteiger partial charge in [-0.15, -0.1) is 11.3 Å². The SMILES string of the molecule is Cc1ccc(-c2nn(CC(=O)c3cccc(S(=O)(=O)N4CCOCC4)c3)c(=O)c3nc(C)sc23)c(C)c1. The number of sulfonamides is 1. The van der Waals surface area contributed by atoms with E-state index in [1.165, 1.54) is 33.8 Å². The van der Waals surface area contributed by atoms with Gasteiger partial charge in [0.1, 0.15) is 12.2 Å². The minimum Gasteiger partial charge on any atom is -0.379 e. The molecule has 0 N–H and O–H groups in total. The number of morpholine rings is 1. The molecule has 0 radical (unpaired) electrons. The second-order valence-electron chi connectivity index (χ2n) is 9.01. The van der Waals surface area contributed by atoms with Crippen LogP contribution in [0.15, 0.2) is 52.2 Å². The predicted molar refractivity (Wildman–Crippen MR) is 142 cm³/mol. The van der Waals surface area contributed by atoms with E-state index in [2.05, 4.69) is 10.1 Å². The number of carbonyl (C=O) groups is 1. The normalized spacial score (nSPS) is 14.8. The number of carbonyl (C=O) groups excluding carboxylic acids is 1. The van der Waals surface area contributed by atoms with Crippen LogP contribution in [0.5, 0.6) is 0 Å². The molecule has 9 nitrogen and oxygen atoms in total. The van der Waals surface area contributed by atoms with Gasteiger partial charge in [-0.1, -0.05) is 35.9 Å². The maximum atomic E-state index is 13.3. The lowest BCUT2D eigenvalue weighted by Gasteiger charge is -2.26. The van der Waals surface area contributed by atoms with Gasteiger partial charge in [0, 0.05) is 24.2 Å². The van der Waals surface area contributed by atoms with Gasteiger partial charge in [-0.3, -0.25) is 9.59 Å². The van der Waals surface area contributed by atoms with Crippen molar-refractivity contribution in [1.29, 1.82) is 0 Å². The van der Waals surface area contributed by atoms with Crippen LogP contribution in [0.1, 0.15) is 26.5 Å². The molecule has 0 spiro atoms. The molecule has 37 heavy (non-hydrogen) atoms. The quantitative estimate of drug-likeness (QED) is 0.346. The zero-order valence-electron chi connectivity index (χ0n) is 20.7. The van der Waals surface area contributed by atoms with Crippen molar-refractivity contribution in [2.45, 2.75) is 32.2 Å². The molecule has 0 aliphatic carbocycles. The summed E-state index contributed by atoms with van der Waals surface area (Å²) in [6, 6.07) is 11.9. The van der Waals surface area contributed by atoms with Crippen molar-refractivity contribution in [3.05, 3.63) is 74.5 Å². The molecule has 0 saturated carbocycles. The van der Waals surface area contributed by atoms with Gasteiger partial charge in [0.25, 0.3) is 5.56 Å². The van der Waals surface area contributed by atoms with Gasteiger partial charge < -0.3 is 4.74 Å². The summed E-state index contributed by atoms with van der Waals surface area (Å²) in [5.74, 6) is -0.425. The van der Waals surface area contributed by atoms with E-state index in [4.69, 9.17) is 4.74 Å². The Bertz CT molecular complexity index is 1690. The van der Waals surface area contributed by atoms with Crippen LogP contribution in [0.25, 0.3) is 21.5 Å². The number of Topliss-reactive ketones (excluding diaryl/α,β-unsaturated/α-hetero) is 1. The van der Waals surface area contributed by atoms with Crippen molar-refractivity contribution in [3.63, 3.8) is 0 Å². The first-order valence-electron chi connectivity index (χ1n) is 11.8. The van der Waals surface area contributed by atoms with Gasteiger partial charge in [0.2, 0.25) is 10.0 Å². The van der Waals surface area contributed by atoms with Crippen LogP contribution >= 0.6 is 11.3 Å². The molecular weight excluding hydrogens is 512 g/mol. The van der Waals surface area contributed by atoms with Crippen LogP contribution in [0.3, 0.4) is 0 Å². The Hall–Kier alpha value is -3.25. The molecule has 2 aromatic carbocycles. The smallest absolute Gasteiger partial charge is 0.294 e. The number of nitrogens with zero attached hydrogens (tertiary/aromatic N) is 4. The molecule has 3 heterocycles. The first-order chi connectivity index (χ1) is 17.6. The number of hydrogen-bond donors (Lipinski definition) is 0. The summed E-state index contributed by atoms with van der Waals surface area (Å²) in [6.45, 7) is 6.63. The number of aryl methyl sites for hydroxylation is 3. The number of fused-ring (bicyclic) bond motifs is 1. The van der Waals surface area contributed by atoms with Gasteiger partial charge >= 0.3 is 0 Å². The second-order valence-corrected chi connectivity index (χ2v) is 12.1. The highest BCUT2D eigenvalue weighted by Gasteiger charge is 2.27. The molecule has 4 aromatic rings. The van der Waals surface area contributed by atoms with Crippen LogP contribution < -0.4 is 5.56 Å². The molecule has 0 amide bonds. The largest absolute Gasteiger partial charge is 0.379 e. The number of hydrogen-bond acceptors (Lipinski definition) is 8. The van der Waals surface area contributed by atoms with Crippen LogP contribution in [0.2, 0.25) is 0 Å². The predicted octanol–water partition coefficient (Wildman–Crippen LogP) is 3.35. The van der Waals surface area contributed by atoms with E-state index in [0.717, 1.165) is 26.4 Å². The van der Waals surface area contributed by atoms with Crippen LogP contribution in [0, 0.1) is 20.8 Å². The summed E-state index contributed by atoms with van der Waals surface area (Å²) in [4.78, 5) is 31.0. The number of benzene rings is 2. The average Bonchev–Trinajstić information content (AvgIpc) is 3.28. The van der Waals surface area contributed by atoms with Crippen molar-refractivity contribution in [3.8, 4) is 11.3 Å². The van der Waals surface area contributed by atoms with Crippen molar-refractivity contribution in [2.75, 3.05) is 26.3 Å². The molecule has 11 heteroatoms. The lowest BCUT2D eigenvalue weighted by atomic mass is 10.0. The molecule has 0 atom stereocenters. The number of rotatable bonds is 6. The van der Waals surface area contributed by atoms with Gasteiger partial charge in [0.05, 0.1) is 27.8 Å². The Balaban J connectivity index is 1.53. The molecule has 1 saturated heterocycles. The van der Waals surface area contributed by atoms with Gasteiger partial charge in [-0.25, -0.2) is 18.1 Å². The number of thiazole rings is 1. The zero-order valence-corrected chi connectivity index (χ0v) is 22.4. The van der Waals surface area contributed by atoms with E-state index in [9.17, 15) is 18.0 Å². The summed E-state index contributed by atoms with van der Waals surface area (Å²) in [7, 11) is -3.77. The fourth-order valence-electron chi connectivity index (χ4n) is 4.42. The number of ether oxygens (including phenoxy) is 1. The van der Waals surface area contributed by atoms with E-state index in [1.54, 1.807) is 6.07 Å². The summed E-state index contributed by atoms with van der Waals surface area (Å²) < 4.78 is 34.5. The topological polar surface area (TPSA) is 111 Å². The third-order valence-electron chi connectivity index (χ3n) is 6.30. The minimum absolute atomic E-state index is 0.0297. The van der Waals surface area contributed by atoms with Crippen molar-refractivity contribution < 1.29 is 17.9 Å². The molecular formula is C26H26N4O5S2. The van der Waals surface area contributed by atoms with Crippen molar-refractivity contribution in [2.24, 2.45) is 0 Å². The molecule has 0 bridgehead atoms. The maximum Gasteiger partial charge on any atom is 0.294 e. The highest BCUT2D eigenvalue weighted by atomic mass is 32.2. The summed E-state index contributed by atoms with van der Waals surface area (Å²) >= 11 is 1.39. The van der Waals surface area contributed by atoms with E-state index >= 15 is 0 Å². The highest BCUT2D eigenvalue weighted by molar-refractivity contribution is 7.89. The molecule has 0 unspecified atom stereocenters. The van der Waals surface area contributed by atoms with Crippen molar-refractivity contribution >= 4 is 37.4 Å². The Morgan fingerprint density at radius 3 is 2.57 bits per heavy atom. The van der Waals surface area contributed by atoms with Crippen LogP contribution in [-0.4, -0.2) is 59.6 Å². The third-order valence-corrected chi connectivity index (χ3v) is 9.17. The lowest BCUT2D eigenvalue weighted by Crippen LogP contribution is -2.40.